The molecule has 0 atom stereocenters. The van der Waals surface area contributed by atoms with E-state index in [-0.39, 0.29) is 6.79 Å². The van der Waals surface area contributed by atoms with Gasteiger partial charge in [0.1, 0.15) is 0 Å². The maximum atomic E-state index is 10.9. The Bertz CT molecular complexity index is 420. The largest absolute Gasteiger partial charge is 0.454 e. The van der Waals surface area contributed by atoms with Gasteiger partial charge in [0.15, 0.2) is 11.5 Å². The number of nitrogens with one attached hydrogen (secondary N) is 2. The number of rotatable bonds is 2. The van der Waals surface area contributed by atoms with E-state index in [0.29, 0.717) is 12.3 Å². The number of aryl methyl sites for hydroxylation is 1. The summed E-state index contributed by atoms with van der Waals surface area (Å²) in [5, 5.41) is 2.61. The molecule has 1 aromatic carbocycles. The van der Waals surface area contributed by atoms with Crippen molar-refractivity contribution >= 4 is 6.03 Å². The molecule has 0 fully saturated rings. The van der Waals surface area contributed by atoms with Crippen molar-refractivity contribution in [1.82, 2.24) is 10.7 Å². The maximum Gasteiger partial charge on any atom is 0.329 e. The predicted octanol–water partition coefficient (Wildman–Crippen LogP) is 0.397. The van der Waals surface area contributed by atoms with Gasteiger partial charge >= 0.3 is 6.03 Å². The Labute approximate surface area is 92.7 Å². The van der Waals surface area contributed by atoms with Crippen LogP contribution in [0.25, 0.3) is 0 Å². The van der Waals surface area contributed by atoms with Crippen molar-refractivity contribution in [3.05, 3.63) is 23.3 Å². The minimum absolute atomic E-state index is 0.245. The third-order valence-corrected chi connectivity index (χ3v) is 2.40. The van der Waals surface area contributed by atoms with Crippen LogP contribution in [-0.2, 0) is 6.54 Å². The predicted molar refractivity (Wildman–Crippen MR) is 56.9 cm³/mol. The number of carbonyl (C=O) groups excluding carboxylic acids is 1. The second-order valence-electron chi connectivity index (χ2n) is 3.46. The fourth-order valence-electron chi connectivity index (χ4n) is 1.50. The van der Waals surface area contributed by atoms with Crippen molar-refractivity contribution in [3.63, 3.8) is 0 Å². The minimum Gasteiger partial charge on any atom is -0.454 e. The first-order valence-corrected chi connectivity index (χ1v) is 4.84. The number of hydrogen-bond acceptors (Lipinski definition) is 4. The Balaban J connectivity index is 2.12. The molecular formula is C10H13N3O3. The average Bonchev–Trinajstić information content (AvgIpc) is 2.72. The fourth-order valence-corrected chi connectivity index (χ4v) is 1.50. The molecule has 0 unspecified atom stereocenters. The van der Waals surface area contributed by atoms with Gasteiger partial charge in [0.05, 0.1) is 0 Å². The van der Waals surface area contributed by atoms with Gasteiger partial charge in [-0.3, -0.25) is 5.43 Å². The highest BCUT2D eigenvalue weighted by molar-refractivity contribution is 5.73. The highest BCUT2D eigenvalue weighted by Gasteiger charge is 2.15. The maximum absolute atomic E-state index is 10.9. The van der Waals surface area contributed by atoms with E-state index in [1.807, 2.05) is 24.5 Å². The van der Waals surface area contributed by atoms with E-state index in [1.54, 1.807) is 0 Å². The molecule has 0 saturated heterocycles. The molecule has 86 valence electrons. The van der Waals surface area contributed by atoms with E-state index in [4.69, 9.17) is 15.3 Å². The van der Waals surface area contributed by atoms with Crippen molar-refractivity contribution < 1.29 is 14.3 Å². The van der Waals surface area contributed by atoms with E-state index in [2.05, 4.69) is 5.32 Å². The van der Waals surface area contributed by atoms with Gasteiger partial charge in [-0.25, -0.2) is 10.6 Å². The van der Waals surface area contributed by atoms with Gasteiger partial charge in [-0.05, 0) is 30.2 Å². The van der Waals surface area contributed by atoms with Crippen molar-refractivity contribution in [3.8, 4) is 11.5 Å². The normalized spacial score (nSPS) is 12.4. The summed E-state index contributed by atoms with van der Waals surface area (Å²) in [6, 6.07) is 3.32. The molecular weight excluding hydrogens is 210 g/mol. The second-order valence-corrected chi connectivity index (χ2v) is 3.46. The molecule has 1 aromatic rings. The van der Waals surface area contributed by atoms with Crippen molar-refractivity contribution in [2.75, 3.05) is 6.79 Å². The quantitative estimate of drug-likeness (QED) is 0.385. The zero-order chi connectivity index (χ0) is 11.5. The van der Waals surface area contributed by atoms with Gasteiger partial charge in [0.25, 0.3) is 0 Å². The van der Waals surface area contributed by atoms with Gasteiger partial charge in [0.2, 0.25) is 6.79 Å². The van der Waals surface area contributed by atoms with Crippen LogP contribution in [0.1, 0.15) is 11.1 Å². The summed E-state index contributed by atoms with van der Waals surface area (Å²) in [6.45, 7) is 2.58. The van der Waals surface area contributed by atoms with Crippen LogP contribution in [0.2, 0.25) is 0 Å². The molecule has 6 nitrogen and oxygen atoms in total. The summed E-state index contributed by atoms with van der Waals surface area (Å²) in [5.74, 6) is 6.40. The molecule has 0 aromatic heterocycles. The van der Waals surface area contributed by atoms with Crippen LogP contribution in [0.3, 0.4) is 0 Å². The van der Waals surface area contributed by atoms with Gasteiger partial charge in [0, 0.05) is 6.54 Å². The lowest BCUT2D eigenvalue weighted by atomic mass is 10.1. The van der Waals surface area contributed by atoms with Crippen molar-refractivity contribution in [2.24, 2.45) is 5.84 Å². The summed E-state index contributed by atoms with van der Waals surface area (Å²) >= 11 is 0. The van der Waals surface area contributed by atoms with E-state index in [0.717, 1.165) is 16.9 Å². The second kappa shape index (κ2) is 4.28. The number of fused-ring (bicyclic) bond motifs is 1. The summed E-state index contributed by atoms with van der Waals surface area (Å²) < 4.78 is 10.5. The Hall–Kier alpha value is -1.95. The summed E-state index contributed by atoms with van der Waals surface area (Å²) in [7, 11) is 0. The van der Waals surface area contributed by atoms with E-state index >= 15 is 0 Å². The molecule has 0 bridgehead atoms. The lowest BCUT2D eigenvalue weighted by Crippen LogP contribution is -2.39. The zero-order valence-corrected chi connectivity index (χ0v) is 8.87. The molecule has 0 spiro atoms. The average molecular weight is 223 g/mol. The highest BCUT2D eigenvalue weighted by atomic mass is 16.7. The summed E-state index contributed by atoms with van der Waals surface area (Å²) in [4.78, 5) is 10.9. The van der Waals surface area contributed by atoms with E-state index in [1.165, 1.54) is 0 Å². The Morgan fingerprint density at radius 2 is 2.12 bits per heavy atom. The van der Waals surface area contributed by atoms with Crippen LogP contribution in [0.15, 0.2) is 12.1 Å². The zero-order valence-electron chi connectivity index (χ0n) is 8.87. The molecule has 0 radical (unpaired) electrons. The molecule has 2 rings (SSSR count). The first kappa shape index (κ1) is 10.6. The van der Waals surface area contributed by atoms with Crippen LogP contribution < -0.4 is 26.1 Å². The van der Waals surface area contributed by atoms with Gasteiger partial charge in [-0.15, -0.1) is 0 Å². The van der Waals surface area contributed by atoms with Gasteiger partial charge in [-0.1, -0.05) is 0 Å². The third kappa shape index (κ3) is 2.01. The number of benzene rings is 1. The lowest BCUT2D eigenvalue weighted by Gasteiger charge is -2.08. The molecule has 4 N–H and O–H groups in total. The van der Waals surface area contributed by atoms with Gasteiger partial charge < -0.3 is 14.8 Å². The Morgan fingerprint density at radius 3 is 2.81 bits per heavy atom. The number of amides is 2. The van der Waals surface area contributed by atoms with E-state index in [9.17, 15) is 4.79 Å². The minimum atomic E-state index is -0.419. The number of hydrazine groups is 1. The SMILES string of the molecule is Cc1cc2c(cc1CNC(=O)NN)OCO2. The highest BCUT2D eigenvalue weighted by Crippen LogP contribution is 2.34. The standard InChI is InChI=1S/C10H13N3O3/c1-6-2-8-9(16-5-15-8)3-7(6)4-12-10(14)13-11/h2-3H,4-5,11H2,1H3,(H2,12,13,14). The summed E-state index contributed by atoms with van der Waals surface area (Å²) in [6.07, 6.45) is 0. The molecule has 16 heavy (non-hydrogen) atoms. The molecule has 1 heterocycles. The molecule has 6 heteroatoms. The Kier molecular flexibility index (Phi) is 2.82. The first-order valence-electron chi connectivity index (χ1n) is 4.84. The number of ether oxygens (including phenoxy) is 2. The monoisotopic (exact) mass is 223 g/mol. The third-order valence-electron chi connectivity index (χ3n) is 2.40. The number of carbonyl (C=O) groups is 1. The summed E-state index contributed by atoms with van der Waals surface area (Å²) in [5.41, 5.74) is 4.00. The topological polar surface area (TPSA) is 85.6 Å². The fraction of sp³-hybridized carbons (Fsp3) is 0.300. The van der Waals surface area contributed by atoms with Crippen molar-refractivity contribution in [2.45, 2.75) is 13.5 Å². The lowest BCUT2D eigenvalue weighted by molar-refractivity contribution is 0.174. The Morgan fingerprint density at radius 1 is 1.44 bits per heavy atom. The molecule has 2 amide bonds. The van der Waals surface area contributed by atoms with Crippen LogP contribution in [0.4, 0.5) is 4.79 Å². The smallest absolute Gasteiger partial charge is 0.329 e. The molecule has 1 aliphatic heterocycles. The molecule has 1 aliphatic rings. The first-order chi connectivity index (χ1) is 7.70. The van der Waals surface area contributed by atoms with E-state index < -0.39 is 6.03 Å². The molecule has 0 saturated carbocycles. The number of nitrogens with two attached hydrogens (primary N) is 1. The number of urea groups is 1. The number of hydrogen-bond donors (Lipinski definition) is 3. The molecule has 0 aliphatic carbocycles. The van der Waals surface area contributed by atoms with Crippen LogP contribution in [0, 0.1) is 6.92 Å². The van der Waals surface area contributed by atoms with Gasteiger partial charge in [-0.2, -0.15) is 0 Å². The van der Waals surface area contributed by atoms with Crippen LogP contribution in [0.5, 0.6) is 11.5 Å². The van der Waals surface area contributed by atoms with Crippen molar-refractivity contribution in [1.29, 1.82) is 0 Å². The van der Waals surface area contributed by atoms with Crippen LogP contribution >= 0.6 is 0 Å². The van der Waals surface area contributed by atoms with Crippen LogP contribution in [-0.4, -0.2) is 12.8 Å².